The minimum Gasteiger partial charge on any atom is -0.461 e. The van der Waals surface area contributed by atoms with Crippen LogP contribution >= 0.6 is 23.1 Å². The lowest BCUT2D eigenvalue weighted by Gasteiger charge is -2.23. The van der Waals surface area contributed by atoms with Gasteiger partial charge in [0.25, 0.3) is 5.24 Å². The van der Waals surface area contributed by atoms with E-state index in [4.69, 9.17) is 4.74 Å². The van der Waals surface area contributed by atoms with Crippen molar-refractivity contribution in [3.05, 3.63) is 46.5 Å². The number of carbonyl (C=O) groups is 3. The van der Waals surface area contributed by atoms with Gasteiger partial charge in [0, 0.05) is 23.7 Å². The maximum atomic E-state index is 13.1. The molecule has 9 heteroatoms. The van der Waals surface area contributed by atoms with Gasteiger partial charge in [-0.25, -0.2) is 9.78 Å². The van der Waals surface area contributed by atoms with E-state index in [1.165, 1.54) is 23.1 Å². The van der Waals surface area contributed by atoms with Crippen LogP contribution in [-0.2, 0) is 16.0 Å². The number of hydrogen-bond acceptors (Lipinski definition) is 7. The second-order valence-corrected chi connectivity index (χ2v) is 8.67. The predicted molar refractivity (Wildman–Crippen MR) is 115 cm³/mol. The number of anilines is 1. The van der Waals surface area contributed by atoms with E-state index in [1.807, 2.05) is 30.3 Å². The van der Waals surface area contributed by atoms with E-state index in [9.17, 15) is 14.4 Å². The maximum absolute atomic E-state index is 13.1. The van der Waals surface area contributed by atoms with Crippen LogP contribution in [-0.4, -0.2) is 59.0 Å². The van der Waals surface area contributed by atoms with Crippen molar-refractivity contribution in [3.63, 3.8) is 0 Å². The standard InChI is InChI=1S/C20H23N3O4S2/c1-3-27-18(25)17-14(2)29-19(21-17)23(10-9-15-7-5-4-6-8-15)16(24)13-22-11-12-28-20(22)26/h4-8H,3,9-13H2,1-2H3. The van der Waals surface area contributed by atoms with Crippen LogP contribution in [0.3, 0.4) is 0 Å². The molecule has 1 fully saturated rings. The highest BCUT2D eigenvalue weighted by molar-refractivity contribution is 8.13. The summed E-state index contributed by atoms with van der Waals surface area (Å²) in [5.74, 6) is -0.00511. The second kappa shape index (κ2) is 9.89. The zero-order valence-corrected chi connectivity index (χ0v) is 18.1. The number of hydrogen-bond donors (Lipinski definition) is 0. The molecule has 1 saturated heterocycles. The monoisotopic (exact) mass is 433 g/mol. The van der Waals surface area contributed by atoms with Crippen LogP contribution < -0.4 is 4.90 Å². The minimum atomic E-state index is -0.492. The number of thioether (sulfide) groups is 1. The molecule has 1 aromatic heterocycles. The first-order chi connectivity index (χ1) is 14.0. The number of ether oxygens (including phenoxy) is 1. The lowest BCUT2D eigenvalue weighted by atomic mass is 10.1. The van der Waals surface area contributed by atoms with Crippen LogP contribution in [0, 0.1) is 6.92 Å². The Balaban J connectivity index is 1.81. The van der Waals surface area contributed by atoms with Crippen molar-refractivity contribution in [2.24, 2.45) is 0 Å². The van der Waals surface area contributed by atoms with Crippen LogP contribution in [0.4, 0.5) is 9.93 Å². The molecule has 2 amide bonds. The van der Waals surface area contributed by atoms with E-state index in [1.54, 1.807) is 23.6 Å². The van der Waals surface area contributed by atoms with Crippen molar-refractivity contribution in [1.82, 2.24) is 9.88 Å². The number of aromatic nitrogens is 1. The molecule has 1 aliphatic heterocycles. The number of esters is 1. The molecule has 154 valence electrons. The molecule has 2 aromatic rings. The number of rotatable bonds is 8. The molecular formula is C20H23N3O4S2. The van der Waals surface area contributed by atoms with E-state index >= 15 is 0 Å². The Labute approximate surface area is 178 Å². The highest BCUT2D eigenvalue weighted by Gasteiger charge is 2.28. The van der Waals surface area contributed by atoms with Crippen molar-refractivity contribution in [2.75, 3.05) is 36.9 Å². The first-order valence-corrected chi connectivity index (χ1v) is 11.2. The predicted octanol–water partition coefficient (Wildman–Crippen LogP) is 3.37. The van der Waals surface area contributed by atoms with Crippen LogP contribution in [0.15, 0.2) is 30.3 Å². The third kappa shape index (κ3) is 5.36. The average molecular weight is 434 g/mol. The Hall–Kier alpha value is -2.39. The summed E-state index contributed by atoms with van der Waals surface area (Å²) < 4.78 is 5.06. The van der Waals surface area contributed by atoms with Crippen molar-refractivity contribution in [3.8, 4) is 0 Å². The van der Waals surface area contributed by atoms with Crippen LogP contribution in [0.1, 0.15) is 27.9 Å². The zero-order valence-electron chi connectivity index (χ0n) is 16.4. The molecule has 0 aliphatic carbocycles. The number of aryl methyl sites for hydroxylation is 1. The summed E-state index contributed by atoms with van der Waals surface area (Å²) in [5, 5.41) is 0.370. The SMILES string of the molecule is CCOC(=O)c1nc(N(CCc2ccccc2)C(=O)CN2CCSC2=O)sc1C. The quantitative estimate of drug-likeness (QED) is 0.594. The number of benzene rings is 1. The van der Waals surface area contributed by atoms with Gasteiger partial charge < -0.3 is 9.64 Å². The molecule has 1 aliphatic rings. The fourth-order valence-corrected chi connectivity index (χ4v) is 4.68. The first kappa shape index (κ1) is 21.3. The molecule has 2 heterocycles. The molecule has 0 atom stereocenters. The molecule has 0 saturated carbocycles. The summed E-state index contributed by atoms with van der Waals surface area (Å²) in [7, 11) is 0. The Bertz CT molecular complexity index is 885. The van der Waals surface area contributed by atoms with Gasteiger partial charge in [-0.1, -0.05) is 42.1 Å². The molecule has 0 N–H and O–H groups in total. The van der Waals surface area contributed by atoms with Crippen molar-refractivity contribution >= 4 is 45.3 Å². The van der Waals surface area contributed by atoms with Crippen molar-refractivity contribution < 1.29 is 19.1 Å². The molecule has 0 unspecified atom stereocenters. The summed E-state index contributed by atoms with van der Waals surface area (Å²) in [6.45, 7) is 4.76. The summed E-state index contributed by atoms with van der Waals surface area (Å²) in [4.78, 5) is 45.3. The van der Waals surface area contributed by atoms with E-state index in [0.717, 1.165) is 5.56 Å². The highest BCUT2D eigenvalue weighted by atomic mass is 32.2. The molecule has 0 radical (unpaired) electrons. The Morgan fingerprint density at radius 1 is 1.28 bits per heavy atom. The topological polar surface area (TPSA) is 79.8 Å². The third-order valence-corrected chi connectivity index (χ3v) is 6.31. The van der Waals surface area contributed by atoms with Crippen LogP contribution in [0.2, 0.25) is 0 Å². The largest absolute Gasteiger partial charge is 0.461 e. The van der Waals surface area contributed by atoms with Gasteiger partial charge in [0.2, 0.25) is 5.91 Å². The Kier molecular flexibility index (Phi) is 7.27. The average Bonchev–Trinajstić information content (AvgIpc) is 3.28. The van der Waals surface area contributed by atoms with Crippen LogP contribution in [0.25, 0.3) is 0 Å². The fraction of sp³-hybridized carbons (Fsp3) is 0.400. The van der Waals surface area contributed by atoms with Gasteiger partial charge in [0.05, 0.1) is 6.61 Å². The molecule has 7 nitrogen and oxygen atoms in total. The summed E-state index contributed by atoms with van der Waals surface area (Å²) in [6, 6.07) is 9.85. The fourth-order valence-electron chi connectivity index (χ4n) is 2.92. The minimum absolute atomic E-state index is 0.00793. The van der Waals surface area contributed by atoms with Crippen molar-refractivity contribution in [1.29, 1.82) is 0 Å². The van der Waals surface area contributed by atoms with Gasteiger partial charge in [0.15, 0.2) is 10.8 Å². The zero-order chi connectivity index (χ0) is 20.8. The van der Waals surface area contributed by atoms with Crippen LogP contribution in [0.5, 0.6) is 0 Å². The number of amides is 2. The summed E-state index contributed by atoms with van der Waals surface area (Å²) in [5.41, 5.74) is 1.33. The smallest absolute Gasteiger partial charge is 0.358 e. The van der Waals surface area contributed by atoms with Gasteiger partial charge in [-0.15, -0.1) is 11.3 Å². The lowest BCUT2D eigenvalue weighted by molar-refractivity contribution is -0.119. The summed E-state index contributed by atoms with van der Waals surface area (Å²) >= 11 is 2.51. The van der Waals surface area contributed by atoms with Gasteiger partial charge in [-0.05, 0) is 25.8 Å². The van der Waals surface area contributed by atoms with Gasteiger partial charge in [0.1, 0.15) is 6.54 Å². The Morgan fingerprint density at radius 2 is 2.03 bits per heavy atom. The van der Waals surface area contributed by atoms with Crippen molar-refractivity contribution in [2.45, 2.75) is 20.3 Å². The van der Waals surface area contributed by atoms with Gasteiger partial charge >= 0.3 is 5.97 Å². The first-order valence-electron chi connectivity index (χ1n) is 9.40. The van der Waals surface area contributed by atoms with E-state index in [-0.39, 0.29) is 30.0 Å². The highest BCUT2D eigenvalue weighted by Crippen LogP contribution is 2.27. The maximum Gasteiger partial charge on any atom is 0.358 e. The normalized spacial score (nSPS) is 13.6. The third-order valence-electron chi connectivity index (χ3n) is 4.42. The summed E-state index contributed by atoms with van der Waals surface area (Å²) in [6.07, 6.45) is 0.642. The molecule has 1 aromatic carbocycles. The number of carbonyl (C=O) groups excluding carboxylic acids is 3. The molecule has 0 spiro atoms. The van der Waals surface area contributed by atoms with Gasteiger partial charge in [-0.3, -0.25) is 14.5 Å². The van der Waals surface area contributed by atoms with E-state index < -0.39 is 5.97 Å². The molecule has 0 bridgehead atoms. The number of thiazole rings is 1. The lowest BCUT2D eigenvalue weighted by Crippen LogP contribution is -2.41. The Morgan fingerprint density at radius 3 is 2.69 bits per heavy atom. The number of nitrogens with zero attached hydrogens (tertiary/aromatic N) is 3. The van der Waals surface area contributed by atoms with E-state index in [0.29, 0.717) is 35.3 Å². The molecular weight excluding hydrogens is 410 g/mol. The second-order valence-electron chi connectivity index (χ2n) is 6.44. The molecule has 3 rings (SSSR count). The van der Waals surface area contributed by atoms with Gasteiger partial charge in [-0.2, -0.15) is 0 Å². The molecule has 29 heavy (non-hydrogen) atoms. The van der Waals surface area contributed by atoms with E-state index in [2.05, 4.69) is 4.98 Å².